The minimum absolute atomic E-state index is 0.0991. The van der Waals surface area contributed by atoms with E-state index in [0.29, 0.717) is 13.2 Å². The van der Waals surface area contributed by atoms with Crippen molar-refractivity contribution in [3.63, 3.8) is 0 Å². The molecule has 4 heteroatoms. The Labute approximate surface area is 130 Å². The van der Waals surface area contributed by atoms with Gasteiger partial charge in [-0.1, -0.05) is 30.3 Å². The van der Waals surface area contributed by atoms with Crippen LogP contribution in [0.5, 0.6) is 11.5 Å². The topological polar surface area (TPSA) is 50.7 Å². The van der Waals surface area contributed by atoms with E-state index < -0.39 is 0 Å². The third-order valence-electron chi connectivity index (χ3n) is 3.86. The summed E-state index contributed by atoms with van der Waals surface area (Å²) in [5.74, 6) is 1.66. The fraction of sp³-hybridized carbons (Fsp3) is 0.333. The molecule has 1 heterocycles. The zero-order valence-electron chi connectivity index (χ0n) is 12.5. The summed E-state index contributed by atoms with van der Waals surface area (Å²) < 4.78 is 11.0. The zero-order valence-corrected chi connectivity index (χ0v) is 12.5. The van der Waals surface area contributed by atoms with Crippen molar-refractivity contribution < 1.29 is 14.6 Å². The lowest BCUT2D eigenvalue weighted by molar-refractivity contribution is -0.134. The first kappa shape index (κ1) is 15.0. The molecule has 0 saturated carbocycles. The van der Waals surface area contributed by atoms with E-state index in [1.54, 1.807) is 0 Å². The van der Waals surface area contributed by atoms with Gasteiger partial charge in [0.15, 0.2) is 0 Å². The molecule has 1 saturated heterocycles. The lowest BCUT2D eigenvalue weighted by atomic mass is 9.87. The van der Waals surface area contributed by atoms with Gasteiger partial charge in [0, 0.05) is 13.1 Å². The normalized spacial score (nSPS) is 16.0. The van der Waals surface area contributed by atoms with Gasteiger partial charge in [0.1, 0.15) is 11.5 Å². The summed E-state index contributed by atoms with van der Waals surface area (Å²) in [5, 5.41) is 12.8. The monoisotopic (exact) mass is 299 g/mol. The maximum atomic E-state index is 9.40. The first-order valence-corrected chi connectivity index (χ1v) is 7.51. The second kappa shape index (κ2) is 6.92. The number of hydrogen-bond acceptors (Lipinski definition) is 4. The molecule has 0 aliphatic carbocycles. The third-order valence-corrected chi connectivity index (χ3v) is 3.86. The molecule has 2 aromatic carbocycles. The molecule has 0 radical (unpaired) electrons. The lowest BCUT2D eigenvalue weighted by Crippen LogP contribution is -2.52. The van der Waals surface area contributed by atoms with Crippen LogP contribution in [0.3, 0.4) is 0 Å². The van der Waals surface area contributed by atoms with E-state index in [1.807, 2.05) is 48.5 Å². The fourth-order valence-electron chi connectivity index (χ4n) is 2.46. The van der Waals surface area contributed by atoms with E-state index in [2.05, 4.69) is 11.4 Å². The third kappa shape index (κ3) is 3.65. The van der Waals surface area contributed by atoms with Crippen LogP contribution in [0.15, 0.2) is 54.6 Å². The summed E-state index contributed by atoms with van der Waals surface area (Å²) in [4.78, 5) is 0. The van der Waals surface area contributed by atoms with Crippen molar-refractivity contribution >= 4 is 0 Å². The first-order chi connectivity index (χ1) is 10.8. The van der Waals surface area contributed by atoms with Gasteiger partial charge in [-0.3, -0.25) is 0 Å². The Balaban J connectivity index is 1.55. The molecule has 0 atom stereocenters. The van der Waals surface area contributed by atoms with Crippen LogP contribution in [-0.4, -0.2) is 31.5 Å². The molecule has 0 spiro atoms. The van der Waals surface area contributed by atoms with Crippen molar-refractivity contribution in [1.29, 1.82) is 0 Å². The average molecular weight is 299 g/mol. The van der Waals surface area contributed by atoms with Crippen LogP contribution in [0.4, 0.5) is 0 Å². The molecule has 1 aliphatic heterocycles. The second-order valence-corrected chi connectivity index (χ2v) is 5.82. The number of ether oxygens (including phenoxy) is 2. The highest BCUT2D eigenvalue weighted by atomic mass is 16.5. The van der Waals surface area contributed by atoms with E-state index in [9.17, 15) is 5.11 Å². The number of benzene rings is 2. The number of aliphatic hydroxyl groups is 1. The van der Waals surface area contributed by atoms with Crippen molar-refractivity contribution in [3.05, 3.63) is 60.2 Å². The molecule has 0 aromatic heterocycles. The van der Waals surface area contributed by atoms with Gasteiger partial charge in [0.25, 0.3) is 0 Å². The minimum Gasteiger partial charge on any atom is -0.457 e. The Bertz CT molecular complexity index is 591. The van der Waals surface area contributed by atoms with E-state index in [4.69, 9.17) is 9.47 Å². The van der Waals surface area contributed by atoms with Gasteiger partial charge in [0.05, 0.1) is 25.2 Å². The Morgan fingerprint density at radius 3 is 2.50 bits per heavy atom. The molecule has 0 amide bonds. The van der Waals surface area contributed by atoms with Crippen LogP contribution in [0.25, 0.3) is 0 Å². The predicted molar refractivity (Wildman–Crippen MR) is 85.0 cm³/mol. The number of nitrogens with one attached hydrogen (secondary N) is 1. The molecule has 0 unspecified atom stereocenters. The van der Waals surface area contributed by atoms with Crippen molar-refractivity contribution in [1.82, 2.24) is 5.32 Å². The Morgan fingerprint density at radius 2 is 1.82 bits per heavy atom. The van der Waals surface area contributed by atoms with Gasteiger partial charge in [0.2, 0.25) is 0 Å². The van der Waals surface area contributed by atoms with E-state index >= 15 is 0 Å². The molecule has 116 valence electrons. The Hall–Kier alpha value is -1.88. The summed E-state index contributed by atoms with van der Waals surface area (Å²) >= 11 is 0. The number of para-hydroxylation sites is 1. The van der Waals surface area contributed by atoms with Crippen molar-refractivity contribution in [2.24, 2.45) is 5.41 Å². The quantitative estimate of drug-likeness (QED) is 0.825. The molecular weight excluding hydrogens is 278 g/mol. The molecular formula is C18H21NO3. The highest BCUT2D eigenvalue weighted by Gasteiger charge is 2.37. The second-order valence-electron chi connectivity index (χ2n) is 5.82. The molecule has 2 aromatic rings. The van der Waals surface area contributed by atoms with Gasteiger partial charge in [-0.05, 0) is 29.8 Å². The Morgan fingerprint density at radius 1 is 1.05 bits per heavy atom. The smallest absolute Gasteiger partial charge is 0.127 e. The Kier molecular flexibility index (Phi) is 4.73. The van der Waals surface area contributed by atoms with Crippen molar-refractivity contribution in [2.45, 2.75) is 6.54 Å². The minimum atomic E-state index is -0.0991. The van der Waals surface area contributed by atoms with E-state index in [0.717, 1.165) is 30.2 Å². The highest BCUT2D eigenvalue weighted by molar-refractivity contribution is 5.33. The van der Waals surface area contributed by atoms with Crippen LogP contribution in [0, 0.1) is 5.41 Å². The van der Waals surface area contributed by atoms with Crippen LogP contribution in [-0.2, 0) is 11.3 Å². The van der Waals surface area contributed by atoms with Crippen LogP contribution < -0.4 is 10.1 Å². The van der Waals surface area contributed by atoms with Gasteiger partial charge in [-0.15, -0.1) is 0 Å². The van der Waals surface area contributed by atoms with Crippen LogP contribution in [0.1, 0.15) is 5.56 Å². The van der Waals surface area contributed by atoms with E-state index in [1.165, 1.54) is 0 Å². The molecule has 1 fully saturated rings. The fourth-order valence-corrected chi connectivity index (χ4v) is 2.46. The van der Waals surface area contributed by atoms with E-state index in [-0.39, 0.29) is 12.0 Å². The molecule has 1 aliphatic rings. The summed E-state index contributed by atoms with van der Waals surface area (Å²) in [6.07, 6.45) is 0. The molecule has 4 nitrogen and oxygen atoms in total. The summed E-state index contributed by atoms with van der Waals surface area (Å²) in [6, 6.07) is 17.8. The number of hydrogen-bond donors (Lipinski definition) is 2. The number of rotatable bonds is 7. The molecule has 0 bridgehead atoms. The van der Waals surface area contributed by atoms with Crippen LogP contribution in [0.2, 0.25) is 0 Å². The summed E-state index contributed by atoms with van der Waals surface area (Å²) in [7, 11) is 0. The summed E-state index contributed by atoms with van der Waals surface area (Å²) in [6.45, 7) is 2.93. The van der Waals surface area contributed by atoms with Crippen molar-refractivity contribution in [3.8, 4) is 11.5 Å². The largest absolute Gasteiger partial charge is 0.457 e. The van der Waals surface area contributed by atoms with Gasteiger partial charge in [-0.2, -0.15) is 0 Å². The van der Waals surface area contributed by atoms with Crippen LogP contribution >= 0.6 is 0 Å². The predicted octanol–water partition coefficient (Wildman–Crippen LogP) is 2.58. The molecule has 2 N–H and O–H groups in total. The van der Waals surface area contributed by atoms with Gasteiger partial charge in [-0.25, -0.2) is 0 Å². The molecule has 3 rings (SSSR count). The standard InChI is InChI=1S/C18H21NO3/c20-12-18(13-21-14-18)11-19-10-15-5-4-8-17(9-15)22-16-6-2-1-3-7-16/h1-9,19-20H,10-14H2. The maximum Gasteiger partial charge on any atom is 0.127 e. The highest BCUT2D eigenvalue weighted by Crippen LogP contribution is 2.26. The van der Waals surface area contributed by atoms with Gasteiger partial charge < -0.3 is 19.9 Å². The van der Waals surface area contributed by atoms with Crippen molar-refractivity contribution in [2.75, 3.05) is 26.4 Å². The zero-order chi connectivity index (χ0) is 15.3. The maximum absolute atomic E-state index is 9.40. The number of aliphatic hydroxyl groups excluding tert-OH is 1. The average Bonchev–Trinajstić information content (AvgIpc) is 2.51. The SMILES string of the molecule is OCC1(CNCc2cccc(Oc3ccccc3)c2)COC1. The lowest BCUT2D eigenvalue weighted by Gasteiger charge is -2.40. The summed E-state index contributed by atoms with van der Waals surface area (Å²) in [5.41, 5.74) is 1.06. The van der Waals surface area contributed by atoms with Gasteiger partial charge >= 0.3 is 0 Å². The first-order valence-electron chi connectivity index (χ1n) is 7.51. The molecule has 22 heavy (non-hydrogen) atoms.